The summed E-state index contributed by atoms with van der Waals surface area (Å²) in [5.41, 5.74) is 9.80. The molecule has 0 saturated heterocycles. The zero-order chi connectivity index (χ0) is 21.9. The number of alkyl halides is 3. The Kier molecular flexibility index (Phi) is 6.68. The smallest absolute Gasteiger partial charge is 0.416 e. The van der Waals surface area contributed by atoms with Crippen LogP contribution in [0.5, 0.6) is 0 Å². The molecule has 30 heavy (non-hydrogen) atoms. The number of benzene rings is 1. The van der Waals surface area contributed by atoms with Gasteiger partial charge in [-0.05, 0) is 80.2 Å². The summed E-state index contributed by atoms with van der Waals surface area (Å²) in [6.07, 6.45) is 2.37. The SMILES string of the molecule is Cc1cccc(C(F)(F)F)c1CN=C1CCCCC1=C(N)C1=CCC(C(=O)O)CC1. The number of carboxylic acids is 1. The standard InChI is InChI=1S/C23H27F3N2O2/c1-14-5-4-7-19(23(24,25)26)18(14)13-28-20-8-3-2-6-17(20)21(27)15-9-11-16(12-10-15)22(29)30/h4-5,7,9,16H,2-3,6,8,10-13,27H2,1H3,(H,29,30). The number of aryl methyl sites for hydroxylation is 1. The highest BCUT2D eigenvalue weighted by molar-refractivity contribution is 6.01. The first-order valence-corrected chi connectivity index (χ1v) is 10.3. The molecule has 7 heteroatoms. The molecule has 0 bridgehead atoms. The summed E-state index contributed by atoms with van der Waals surface area (Å²) < 4.78 is 40.2. The van der Waals surface area contributed by atoms with Crippen LogP contribution < -0.4 is 5.73 Å². The van der Waals surface area contributed by atoms with Crippen LogP contribution in [0.15, 0.2) is 46.1 Å². The van der Waals surface area contributed by atoms with Crippen molar-refractivity contribution in [1.29, 1.82) is 0 Å². The predicted octanol–water partition coefficient (Wildman–Crippen LogP) is 5.55. The van der Waals surface area contributed by atoms with E-state index in [4.69, 9.17) is 10.8 Å². The molecule has 1 saturated carbocycles. The van der Waals surface area contributed by atoms with Crippen molar-refractivity contribution in [2.75, 3.05) is 0 Å². The highest BCUT2D eigenvalue weighted by Crippen LogP contribution is 2.35. The van der Waals surface area contributed by atoms with Crippen LogP contribution in [0.4, 0.5) is 13.2 Å². The minimum Gasteiger partial charge on any atom is -0.481 e. The Hall–Kier alpha value is -2.57. The first-order valence-electron chi connectivity index (χ1n) is 10.3. The average Bonchev–Trinajstić information content (AvgIpc) is 2.72. The van der Waals surface area contributed by atoms with E-state index in [9.17, 15) is 18.0 Å². The molecule has 2 aliphatic carbocycles. The number of carbonyl (C=O) groups is 1. The van der Waals surface area contributed by atoms with Gasteiger partial charge < -0.3 is 10.8 Å². The highest BCUT2D eigenvalue weighted by atomic mass is 19.4. The van der Waals surface area contributed by atoms with Crippen molar-refractivity contribution in [3.05, 3.63) is 57.8 Å². The second-order valence-corrected chi connectivity index (χ2v) is 8.00. The van der Waals surface area contributed by atoms with Crippen molar-refractivity contribution in [1.82, 2.24) is 0 Å². The average molecular weight is 420 g/mol. The molecule has 1 aromatic carbocycles. The molecule has 0 heterocycles. The van der Waals surface area contributed by atoms with Crippen LogP contribution in [0.3, 0.4) is 0 Å². The van der Waals surface area contributed by atoms with Crippen molar-refractivity contribution >= 4 is 11.7 Å². The summed E-state index contributed by atoms with van der Waals surface area (Å²) in [5.74, 6) is -1.18. The van der Waals surface area contributed by atoms with E-state index in [0.29, 0.717) is 36.9 Å². The predicted molar refractivity (Wildman–Crippen MR) is 110 cm³/mol. The number of rotatable bonds is 4. The van der Waals surface area contributed by atoms with Gasteiger partial charge in [0.15, 0.2) is 0 Å². The number of hydrogen-bond donors (Lipinski definition) is 2. The largest absolute Gasteiger partial charge is 0.481 e. The molecular formula is C23H27F3N2O2. The number of halogens is 3. The van der Waals surface area contributed by atoms with Crippen molar-refractivity contribution in [3.63, 3.8) is 0 Å². The van der Waals surface area contributed by atoms with Crippen LogP contribution in [-0.4, -0.2) is 16.8 Å². The summed E-state index contributed by atoms with van der Waals surface area (Å²) in [5, 5.41) is 9.16. The molecule has 0 spiro atoms. The minimum atomic E-state index is -4.42. The molecule has 2 aliphatic rings. The molecule has 1 unspecified atom stereocenters. The third-order valence-corrected chi connectivity index (χ3v) is 6.01. The lowest BCUT2D eigenvalue weighted by Crippen LogP contribution is -2.21. The zero-order valence-corrected chi connectivity index (χ0v) is 17.1. The van der Waals surface area contributed by atoms with Crippen LogP contribution >= 0.6 is 0 Å². The maximum atomic E-state index is 13.4. The molecule has 3 rings (SSSR count). The summed E-state index contributed by atoms with van der Waals surface area (Å²) in [7, 11) is 0. The number of nitrogens with zero attached hydrogens (tertiary/aromatic N) is 1. The van der Waals surface area contributed by atoms with E-state index in [2.05, 4.69) is 4.99 Å². The number of carboxylic acid groups (broad SMARTS) is 1. The number of allylic oxidation sites excluding steroid dienone is 3. The van der Waals surface area contributed by atoms with E-state index in [1.165, 1.54) is 6.07 Å². The minimum absolute atomic E-state index is 0.0340. The first-order chi connectivity index (χ1) is 14.2. The van der Waals surface area contributed by atoms with E-state index in [1.54, 1.807) is 13.0 Å². The number of aliphatic carboxylic acids is 1. The molecule has 1 atom stereocenters. The van der Waals surface area contributed by atoms with Gasteiger partial charge in [0.25, 0.3) is 0 Å². The Morgan fingerprint density at radius 1 is 1.23 bits per heavy atom. The molecule has 0 aliphatic heterocycles. The molecule has 1 fully saturated rings. The first kappa shape index (κ1) is 22.1. The lowest BCUT2D eigenvalue weighted by molar-refractivity contribution is -0.142. The summed E-state index contributed by atoms with van der Waals surface area (Å²) >= 11 is 0. The Balaban J connectivity index is 1.89. The lowest BCUT2D eigenvalue weighted by Gasteiger charge is -2.24. The van der Waals surface area contributed by atoms with E-state index in [0.717, 1.165) is 42.2 Å². The Bertz CT molecular complexity index is 914. The van der Waals surface area contributed by atoms with Gasteiger partial charge in [-0.2, -0.15) is 13.2 Å². The van der Waals surface area contributed by atoms with Crippen LogP contribution in [0.1, 0.15) is 61.6 Å². The third kappa shape index (κ3) is 4.94. The fraction of sp³-hybridized carbons (Fsp3) is 0.478. The van der Waals surface area contributed by atoms with Gasteiger partial charge in [0, 0.05) is 11.4 Å². The molecule has 1 aromatic rings. The second kappa shape index (κ2) is 9.06. The molecule has 162 valence electrons. The molecule has 3 N–H and O–H groups in total. The quantitative estimate of drug-likeness (QED) is 0.670. The molecule has 0 aromatic heterocycles. The van der Waals surface area contributed by atoms with Crippen molar-refractivity contribution in [2.24, 2.45) is 16.6 Å². The lowest BCUT2D eigenvalue weighted by atomic mass is 9.84. The van der Waals surface area contributed by atoms with Gasteiger partial charge in [-0.3, -0.25) is 9.79 Å². The summed E-state index contributed by atoms with van der Waals surface area (Å²) in [4.78, 5) is 15.7. The summed E-state index contributed by atoms with van der Waals surface area (Å²) in [6.45, 7) is 1.64. The monoisotopic (exact) mass is 420 g/mol. The van der Waals surface area contributed by atoms with Crippen LogP contribution in [0.2, 0.25) is 0 Å². The zero-order valence-electron chi connectivity index (χ0n) is 17.1. The molecule has 0 radical (unpaired) electrons. The van der Waals surface area contributed by atoms with Gasteiger partial charge in [0.1, 0.15) is 0 Å². The second-order valence-electron chi connectivity index (χ2n) is 8.00. The third-order valence-electron chi connectivity index (χ3n) is 6.01. The Morgan fingerprint density at radius 2 is 1.97 bits per heavy atom. The van der Waals surface area contributed by atoms with E-state index < -0.39 is 17.7 Å². The maximum absolute atomic E-state index is 13.4. The van der Waals surface area contributed by atoms with Gasteiger partial charge in [-0.1, -0.05) is 18.2 Å². The number of aliphatic imine (C=N–C) groups is 1. The fourth-order valence-electron chi connectivity index (χ4n) is 4.20. The molecular weight excluding hydrogens is 393 g/mol. The maximum Gasteiger partial charge on any atom is 0.416 e. The number of hydrogen-bond acceptors (Lipinski definition) is 3. The van der Waals surface area contributed by atoms with Gasteiger partial charge in [0.2, 0.25) is 0 Å². The van der Waals surface area contributed by atoms with E-state index in [1.807, 2.05) is 6.08 Å². The molecule has 0 amide bonds. The van der Waals surface area contributed by atoms with Crippen molar-refractivity contribution in [2.45, 2.75) is 64.6 Å². The summed E-state index contributed by atoms with van der Waals surface area (Å²) in [6, 6.07) is 4.18. The van der Waals surface area contributed by atoms with Crippen LogP contribution in [0, 0.1) is 12.8 Å². The van der Waals surface area contributed by atoms with Gasteiger partial charge in [-0.15, -0.1) is 0 Å². The van der Waals surface area contributed by atoms with E-state index >= 15 is 0 Å². The van der Waals surface area contributed by atoms with Crippen molar-refractivity contribution in [3.8, 4) is 0 Å². The van der Waals surface area contributed by atoms with Gasteiger partial charge in [-0.25, -0.2) is 0 Å². The van der Waals surface area contributed by atoms with Gasteiger partial charge >= 0.3 is 12.1 Å². The van der Waals surface area contributed by atoms with E-state index in [-0.39, 0.29) is 18.0 Å². The fourth-order valence-corrected chi connectivity index (χ4v) is 4.20. The Morgan fingerprint density at radius 3 is 2.60 bits per heavy atom. The normalized spacial score (nSPS) is 23.3. The molecule has 4 nitrogen and oxygen atoms in total. The van der Waals surface area contributed by atoms with Crippen molar-refractivity contribution < 1.29 is 23.1 Å². The number of nitrogens with two attached hydrogens (primary N) is 1. The van der Waals surface area contributed by atoms with Gasteiger partial charge in [0.05, 0.1) is 18.0 Å². The Labute approximate surface area is 174 Å². The highest BCUT2D eigenvalue weighted by Gasteiger charge is 2.33. The van der Waals surface area contributed by atoms with Crippen LogP contribution in [0.25, 0.3) is 0 Å². The topological polar surface area (TPSA) is 75.7 Å². The van der Waals surface area contributed by atoms with Crippen LogP contribution in [-0.2, 0) is 17.5 Å².